The summed E-state index contributed by atoms with van der Waals surface area (Å²) in [7, 11) is 4.88. The quantitative estimate of drug-likeness (QED) is 0.637. The monoisotopic (exact) mass is 169 g/mol. The molecular formula is C9H13O3. The number of rotatable bonds is 3. The zero-order chi connectivity index (χ0) is 8.97. The second kappa shape index (κ2) is 4.16. The summed E-state index contributed by atoms with van der Waals surface area (Å²) in [4.78, 5) is 0. The van der Waals surface area contributed by atoms with Gasteiger partial charge in [0, 0.05) is 13.2 Å². The molecule has 1 aliphatic carbocycles. The minimum atomic E-state index is -0.0556. The highest BCUT2D eigenvalue weighted by atomic mass is 16.5. The fourth-order valence-corrected chi connectivity index (χ4v) is 0.998. The van der Waals surface area contributed by atoms with Crippen molar-refractivity contribution in [2.45, 2.75) is 6.10 Å². The Morgan fingerprint density at radius 3 is 2.25 bits per heavy atom. The number of ether oxygens (including phenoxy) is 3. The third-order valence-electron chi connectivity index (χ3n) is 1.69. The van der Waals surface area contributed by atoms with Gasteiger partial charge in [0.1, 0.15) is 11.5 Å². The second-order valence-corrected chi connectivity index (χ2v) is 2.39. The van der Waals surface area contributed by atoms with Crippen LogP contribution in [0.5, 0.6) is 0 Å². The first kappa shape index (κ1) is 9.13. The molecule has 0 aliphatic heterocycles. The van der Waals surface area contributed by atoms with Crippen LogP contribution in [0.15, 0.2) is 23.7 Å². The number of methoxy groups -OCH3 is 3. The van der Waals surface area contributed by atoms with Gasteiger partial charge in [0.05, 0.1) is 26.7 Å². The van der Waals surface area contributed by atoms with Gasteiger partial charge in [-0.15, -0.1) is 0 Å². The fourth-order valence-electron chi connectivity index (χ4n) is 0.998. The van der Waals surface area contributed by atoms with Crippen molar-refractivity contribution in [3.63, 3.8) is 0 Å². The maximum absolute atomic E-state index is 5.12. The van der Waals surface area contributed by atoms with Gasteiger partial charge in [0.25, 0.3) is 0 Å². The van der Waals surface area contributed by atoms with Crippen LogP contribution in [0.2, 0.25) is 0 Å². The van der Waals surface area contributed by atoms with Crippen molar-refractivity contribution in [1.82, 2.24) is 0 Å². The molecule has 0 spiro atoms. The van der Waals surface area contributed by atoms with Gasteiger partial charge < -0.3 is 14.2 Å². The van der Waals surface area contributed by atoms with E-state index in [1.807, 2.05) is 18.6 Å². The Bertz CT molecular complexity index is 206. The maximum Gasteiger partial charge on any atom is 0.120 e. The Labute approximate surface area is 72.6 Å². The molecule has 0 aromatic heterocycles. The van der Waals surface area contributed by atoms with E-state index >= 15 is 0 Å². The summed E-state index contributed by atoms with van der Waals surface area (Å²) >= 11 is 0. The van der Waals surface area contributed by atoms with Gasteiger partial charge in [0.2, 0.25) is 0 Å². The summed E-state index contributed by atoms with van der Waals surface area (Å²) in [6.45, 7) is 0. The van der Waals surface area contributed by atoms with Crippen molar-refractivity contribution < 1.29 is 14.2 Å². The first-order valence-electron chi connectivity index (χ1n) is 3.69. The smallest absolute Gasteiger partial charge is 0.120 e. The average molecular weight is 169 g/mol. The van der Waals surface area contributed by atoms with Gasteiger partial charge in [-0.25, -0.2) is 0 Å². The highest BCUT2D eigenvalue weighted by Gasteiger charge is 2.15. The number of hydrogen-bond acceptors (Lipinski definition) is 3. The highest BCUT2D eigenvalue weighted by molar-refractivity contribution is 5.30. The van der Waals surface area contributed by atoms with Crippen LogP contribution in [-0.2, 0) is 14.2 Å². The SMILES string of the molecule is COC1=CC(OC)=C[C@H](OC)[CH]1. The van der Waals surface area contributed by atoms with Crippen LogP contribution in [0, 0.1) is 6.42 Å². The summed E-state index contributed by atoms with van der Waals surface area (Å²) in [5, 5.41) is 0. The summed E-state index contributed by atoms with van der Waals surface area (Å²) in [6.07, 6.45) is 5.51. The molecule has 12 heavy (non-hydrogen) atoms. The molecule has 0 saturated carbocycles. The van der Waals surface area contributed by atoms with Crippen LogP contribution in [0.25, 0.3) is 0 Å². The van der Waals surface area contributed by atoms with E-state index in [2.05, 4.69) is 0 Å². The fraction of sp³-hybridized carbons (Fsp3) is 0.444. The Balaban J connectivity index is 2.70. The third-order valence-corrected chi connectivity index (χ3v) is 1.69. The summed E-state index contributed by atoms with van der Waals surface area (Å²) in [5.41, 5.74) is 0. The number of hydrogen-bond donors (Lipinski definition) is 0. The molecule has 0 N–H and O–H groups in total. The second-order valence-electron chi connectivity index (χ2n) is 2.39. The van der Waals surface area contributed by atoms with E-state index < -0.39 is 0 Å². The third kappa shape index (κ3) is 2.01. The molecule has 0 amide bonds. The highest BCUT2D eigenvalue weighted by Crippen LogP contribution is 2.19. The first-order chi connectivity index (χ1) is 5.80. The first-order valence-corrected chi connectivity index (χ1v) is 3.69. The lowest BCUT2D eigenvalue weighted by atomic mass is 10.1. The lowest BCUT2D eigenvalue weighted by Crippen LogP contribution is -2.15. The molecule has 1 aliphatic rings. The molecule has 0 aromatic carbocycles. The van der Waals surface area contributed by atoms with Crippen molar-refractivity contribution in [2.24, 2.45) is 0 Å². The molecule has 1 rings (SSSR count). The van der Waals surface area contributed by atoms with E-state index in [-0.39, 0.29) is 6.10 Å². The van der Waals surface area contributed by atoms with E-state index in [1.54, 1.807) is 21.3 Å². The molecule has 67 valence electrons. The molecule has 3 heteroatoms. The Morgan fingerprint density at radius 2 is 1.75 bits per heavy atom. The maximum atomic E-state index is 5.12. The van der Waals surface area contributed by atoms with Gasteiger partial charge in [-0.3, -0.25) is 0 Å². The predicted molar refractivity (Wildman–Crippen MR) is 45.3 cm³/mol. The summed E-state index contributed by atoms with van der Waals surface area (Å²) in [5.74, 6) is 1.53. The molecule has 0 fully saturated rings. The summed E-state index contributed by atoms with van der Waals surface area (Å²) < 4.78 is 15.2. The van der Waals surface area contributed by atoms with E-state index in [9.17, 15) is 0 Å². The standard InChI is InChI=1S/C9H13O3/c1-10-7-4-8(11-2)6-9(5-7)12-3/h4-7H,1-3H3. The van der Waals surface area contributed by atoms with Crippen LogP contribution in [0.1, 0.15) is 0 Å². The van der Waals surface area contributed by atoms with E-state index in [0.717, 1.165) is 11.5 Å². The molecule has 1 atom stereocenters. The minimum Gasteiger partial charge on any atom is -0.501 e. The largest absolute Gasteiger partial charge is 0.501 e. The molecule has 0 saturated heterocycles. The lowest BCUT2D eigenvalue weighted by Gasteiger charge is -2.18. The van der Waals surface area contributed by atoms with Gasteiger partial charge in [-0.1, -0.05) is 0 Å². The van der Waals surface area contributed by atoms with Crippen molar-refractivity contribution in [2.75, 3.05) is 21.3 Å². The van der Waals surface area contributed by atoms with E-state index in [1.165, 1.54) is 0 Å². The zero-order valence-electron chi connectivity index (χ0n) is 7.53. The molecular weight excluding hydrogens is 156 g/mol. The zero-order valence-corrected chi connectivity index (χ0v) is 7.53. The molecule has 0 aromatic rings. The molecule has 3 nitrogen and oxygen atoms in total. The van der Waals surface area contributed by atoms with Crippen LogP contribution in [0.4, 0.5) is 0 Å². The van der Waals surface area contributed by atoms with Crippen LogP contribution < -0.4 is 0 Å². The minimum absolute atomic E-state index is 0.0556. The molecule has 0 bridgehead atoms. The lowest BCUT2D eigenvalue weighted by molar-refractivity contribution is 0.147. The van der Waals surface area contributed by atoms with Crippen molar-refractivity contribution >= 4 is 0 Å². The number of allylic oxidation sites excluding steroid dienone is 1. The van der Waals surface area contributed by atoms with Crippen molar-refractivity contribution in [1.29, 1.82) is 0 Å². The van der Waals surface area contributed by atoms with Crippen molar-refractivity contribution in [3.8, 4) is 0 Å². The van der Waals surface area contributed by atoms with E-state index in [4.69, 9.17) is 14.2 Å². The van der Waals surface area contributed by atoms with Crippen LogP contribution >= 0.6 is 0 Å². The van der Waals surface area contributed by atoms with Gasteiger partial charge in [0.15, 0.2) is 0 Å². The Morgan fingerprint density at radius 1 is 1.08 bits per heavy atom. The topological polar surface area (TPSA) is 27.7 Å². The molecule has 0 heterocycles. The summed E-state index contributed by atoms with van der Waals surface area (Å²) in [6, 6.07) is 0. The van der Waals surface area contributed by atoms with Gasteiger partial charge in [-0.05, 0) is 6.08 Å². The molecule has 0 unspecified atom stereocenters. The average Bonchev–Trinajstić information content (AvgIpc) is 2.16. The van der Waals surface area contributed by atoms with Crippen LogP contribution in [-0.4, -0.2) is 27.4 Å². The van der Waals surface area contributed by atoms with Crippen LogP contribution in [0.3, 0.4) is 0 Å². The van der Waals surface area contributed by atoms with Gasteiger partial charge >= 0.3 is 0 Å². The predicted octanol–water partition coefficient (Wildman–Crippen LogP) is 1.28. The van der Waals surface area contributed by atoms with E-state index in [0.29, 0.717) is 0 Å². The Hall–Kier alpha value is -0.960. The normalized spacial score (nSPS) is 22.8. The van der Waals surface area contributed by atoms with Gasteiger partial charge in [-0.2, -0.15) is 0 Å². The Kier molecular flexibility index (Phi) is 3.17. The van der Waals surface area contributed by atoms with Crippen molar-refractivity contribution in [3.05, 3.63) is 30.1 Å². The molecule has 1 radical (unpaired) electrons.